The Morgan fingerprint density at radius 3 is 0.650 bits per heavy atom. The normalized spacial score (nSPS) is 25.5. The van der Waals surface area contributed by atoms with Crippen molar-refractivity contribution in [3.63, 3.8) is 0 Å². The molecule has 6 fully saturated rings. The summed E-state index contributed by atoms with van der Waals surface area (Å²) >= 11 is -1.38. The fraction of sp³-hybridized carbons (Fsp3) is 0.914. The van der Waals surface area contributed by atoms with Crippen molar-refractivity contribution in [1.29, 1.82) is 0 Å². The van der Waals surface area contributed by atoms with Gasteiger partial charge in [-0.15, -0.1) is 0 Å². The molecule has 0 saturated heterocycles. The molecule has 0 spiro atoms. The van der Waals surface area contributed by atoms with Gasteiger partial charge in [-0.05, 0) is 111 Å². The first-order valence-electron chi connectivity index (χ1n) is 17.0. The molecule has 6 saturated carbocycles. The van der Waals surface area contributed by atoms with E-state index in [9.17, 15) is 0 Å². The van der Waals surface area contributed by atoms with E-state index in [1.54, 1.807) is 154 Å². The topological polar surface area (TPSA) is 0 Å². The smallest absolute Gasteiger partial charge is 1.00 e. The van der Waals surface area contributed by atoms with Gasteiger partial charge < -0.3 is 24.8 Å². The number of rotatable bonds is 7. The zero-order chi connectivity index (χ0) is 26.8. The van der Waals surface area contributed by atoms with Gasteiger partial charge in [0, 0.05) is 0 Å². The Hall–Kier alpha value is 1.67. The van der Waals surface area contributed by atoms with Crippen LogP contribution in [0.2, 0.25) is 11.0 Å². The molecule has 0 aromatic rings. The van der Waals surface area contributed by atoms with E-state index in [-0.39, 0.29) is 24.8 Å². The van der Waals surface area contributed by atoms with Crippen LogP contribution < -0.4 is 24.8 Å². The first kappa shape index (κ1) is 37.9. The van der Waals surface area contributed by atoms with Crippen molar-refractivity contribution in [2.75, 3.05) is 0 Å². The zero-order valence-corrected chi connectivity index (χ0v) is 31.5. The molecule has 0 atom stereocenters. The molecule has 6 rings (SSSR count). The summed E-state index contributed by atoms with van der Waals surface area (Å²) in [6.45, 7) is 3.64. The van der Waals surface area contributed by atoms with Crippen LogP contribution in [0.4, 0.5) is 0 Å². The van der Waals surface area contributed by atoms with Gasteiger partial charge in [0.2, 0.25) is 0 Å². The Kier molecular flexibility index (Phi) is 18.9. The van der Waals surface area contributed by atoms with E-state index in [0.717, 1.165) is 0 Å². The van der Waals surface area contributed by atoms with Crippen molar-refractivity contribution in [1.82, 2.24) is 0 Å². The van der Waals surface area contributed by atoms with E-state index < -0.39 is 14.3 Å². The van der Waals surface area contributed by atoms with Crippen LogP contribution in [-0.4, -0.2) is 39.1 Å². The molecule has 0 heterocycles. The van der Waals surface area contributed by atoms with Crippen LogP contribution in [0.25, 0.3) is 0 Å². The second kappa shape index (κ2) is 19.9. The number of hydrogen-bond donors (Lipinski definition) is 0. The Balaban J connectivity index is 0.000000225. The third-order valence-electron chi connectivity index (χ3n) is 10.9. The van der Waals surface area contributed by atoms with Crippen molar-refractivity contribution >= 4 is 21.0 Å². The first-order chi connectivity index (χ1) is 18.5. The quantitative estimate of drug-likeness (QED) is 0.211. The summed E-state index contributed by atoms with van der Waals surface area (Å²) in [6, 6.07) is 0. The first-order valence-corrected chi connectivity index (χ1v) is 25.8. The molecule has 0 nitrogen and oxygen atoms in total. The van der Waals surface area contributed by atoms with Gasteiger partial charge in [0.05, 0.1) is 0 Å². The van der Waals surface area contributed by atoms with Gasteiger partial charge in [-0.2, -0.15) is 0 Å². The van der Waals surface area contributed by atoms with Crippen molar-refractivity contribution in [2.45, 2.75) is 199 Å². The Labute approximate surface area is 268 Å². The summed E-state index contributed by atoms with van der Waals surface area (Å²) < 4.78 is 2.00. The summed E-state index contributed by atoms with van der Waals surface area (Å²) in [6.07, 6.45) is 38.0. The van der Waals surface area contributed by atoms with Gasteiger partial charge in [-0.3, -0.25) is 0 Å². The summed E-state index contributed by atoms with van der Waals surface area (Å²) in [4.78, 5) is 0. The Morgan fingerprint density at radius 1 is 0.425 bits per heavy atom. The predicted molar refractivity (Wildman–Crippen MR) is 176 cm³/mol. The SMILES string of the molecule is C1CCC(P(C2CCCC2)C2CCCC2)C1.C1CCC(P(C2CCCC2)C2CCCC2)C1.C=[CH][Ru+2](=[CH2])([CH3])[CH3].[Cl-].[Cl-]. The molecule has 237 valence electrons. The summed E-state index contributed by atoms with van der Waals surface area (Å²) in [5.41, 5.74) is 11.6. The van der Waals surface area contributed by atoms with Gasteiger partial charge in [0.25, 0.3) is 0 Å². The fourth-order valence-electron chi connectivity index (χ4n) is 9.00. The van der Waals surface area contributed by atoms with Gasteiger partial charge in [0.1, 0.15) is 0 Å². The maximum atomic E-state index is 3.94. The molecule has 0 radical (unpaired) electrons. The molecule has 0 N–H and O–H groups in total. The third kappa shape index (κ3) is 11.9. The second-order valence-corrected chi connectivity index (χ2v) is 27.9. The molecule has 6 aliphatic carbocycles. The van der Waals surface area contributed by atoms with Crippen LogP contribution in [0.3, 0.4) is 0 Å². The molecule has 6 aliphatic rings. The van der Waals surface area contributed by atoms with Gasteiger partial charge in [-0.25, -0.2) is 0 Å². The van der Waals surface area contributed by atoms with Crippen LogP contribution in [-0.2, 0) is 14.3 Å². The zero-order valence-electron chi connectivity index (χ0n) is 26.4. The minimum absolute atomic E-state index is 0. The molecular formula is C35H65Cl2P2Ru. The monoisotopic (exact) mass is 719 g/mol. The third-order valence-corrected chi connectivity index (χ3v) is 20.9. The summed E-state index contributed by atoms with van der Waals surface area (Å²) in [5.74, 6) is 0. The van der Waals surface area contributed by atoms with Crippen LogP contribution in [0, 0.1) is 0 Å². The van der Waals surface area contributed by atoms with Crippen LogP contribution in [0.5, 0.6) is 0 Å². The van der Waals surface area contributed by atoms with E-state index >= 15 is 0 Å². The second-order valence-electron chi connectivity index (χ2n) is 14.1. The Bertz CT molecular complexity index is 579. The van der Waals surface area contributed by atoms with Crippen molar-refractivity contribution in [2.24, 2.45) is 0 Å². The average molecular weight is 720 g/mol. The molecule has 0 aliphatic heterocycles. The minimum atomic E-state index is -1.38. The molecular weight excluding hydrogens is 654 g/mol. The number of halogens is 2. The van der Waals surface area contributed by atoms with E-state index in [4.69, 9.17) is 0 Å². The average Bonchev–Trinajstić information content (AvgIpc) is 3.76. The fourth-order valence-corrected chi connectivity index (χ4v) is 18.3. The van der Waals surface area contributed by atoms with Crippen molar-refractivity contribution < 1.29 is 39.1 Å². The van der Waals surface area contributed by atoms with E-state index in [0.29, 0.717) is 15.8 Å². The molecule has 0 aromatic heterocycles. The van der Waals surface area contributed by atoms with Gasteiger partial charge >= 0.3 is 41.7 Å². The van der Waals surface area contributed by atoms with E-state index in [1.807, 2.05) is 4.67 Å². The van der Waals surface area contributed by atoms with Gasteiger partial charge in [-0.1, -0.05) is 92.9 Å². The molecule has 0 aromatic carbocycles. The predicted octanol–water partition coefficient (Wildman–Crippen LogP) is 6.41. The van der Waals surface area contributed by atoms with Crippen LogP contribution in [0.15, 0.2) is 11.2 Å². The van der Waals surface area contributed by atoms with Crippen molar-refractivity contribution in [3.8, 4) is 0 Å². The molecule has 0 unspecified atom stereocenters. The molecule has 0 amide bonds. The van der Waals surface area contributed by atoms with Crippen LogP contribution in [0.1, 0.15) is 154 Å². The largest absolute Gasteiger partial charge is 1.00 e. The van der Waals surface area contributed by atoms with Crippen molar-refractivity contribution in [3.05, 3.63) is 11.2 Å². The molecule has 40 heavy (non-hydrogen) atoms. The Morgan fingerprint density at radius 2 is 0.550 bits per heavy atom. The summed E-state index contributed by atoms with van der Waals surface area (Å²) in [5, 5.41) is 3.94. The molecule has 0 bridgehead atoms. The summed E-state index contributed by atoms with van der Waals surface area (Å²) in [7, 11) is 0.872. The van der Waals surface area contributed by atoms with E-state index in [2.05, 4.69) is 22.7 Å². The maximum absolute atomic E-state index is 3.94. The molecule has 5 heteroatoms. The standard InChI is InChI=1S/2C15H27P.C2H3.2CH3.CH2.2ClH.Ru/c2*1-2-8-13(7-1)16(14-9-3-4-10-14)15-11-5-6-12-15;1-2;;;;;;/h2*13-15H,1-12H2;1H,2H2;2*1H3;1H2;2*1H;/q;;;;;;;;+2/p-2. The van der Waals surface area contributed by atoms with Gasteiger partial charge in [0.15, 0.2) is 0 Å². The van der Waals surface area contributed by atoms with Crippen LogP contribution >= 0.6 is 15.8 Å². The number of hydrogen-bond acceptors (Lipinski definition) is 0. The van der Waals surface area contributed by atoms with E-state index in [1.165, 1.54) is 34.0 Å². The maximum Gasteiger partial charge on any atom is -1.00 e. The minimum Gasteiger partial charge on any atom is -1.00 e.